The molecule has 114 valence electrons. The van der Waals surface area contributed by atoms with Gasteiger partial charge in [-0.3, -0.25) is 4.90 Å². The predicted molar refractivity (Wildman–Crippen MR) is 79.8 cm³/mol. The Morgan fingerprint density at radius 2 is 2.20 bits per heavy atom. The molecule has 4 heteroatoms. The van der Waals surface area contributed by atoms with Gasteiger partial charge in [0.05, 0.1) is 18.8 Å². The van der Waals surface area contributed by atoms with Crippen molar-refractivity contribution in [1.82, 2.24) is 9.88 Å². The topological polar surface area (TPSA) is 38.5 Å². The first-order valence-electron chi connectivity index (χ1n) is 7.62. The van der Waals surface area contributed by atoms with Crippen LogP contribution in [0, 0.1) is 5.92 Å². The summed E-state index contributed by atoms with van der Waals surface area (Å²) in [5.41, 5.74) is 0.0146. The lowest BCUT2D eigenvalue weighted by Gasteiger charge is -2.29. The van der Waals surface area contributed by atoms with Crippen molar-refractivity contribution in [2.75, 3.05) is 26.8 Å². The highest BCUT2D eigenvalue weighted by Gasteiger charge is 2.25. The van der Waals surface area contributed by atoms with Gasteiger partial charge < -0.3 is 9.15 Å². The van der Waals surface area contributed by atoms with E-state index in [1.54, 1.807) is 0 Å². The third-order valence-corrected chi connectivity index (χ3v) is 4.08. The van der Waals surface area contributed by atoms with E-state index < -0.39 is 0 Å². The highest BCUT2D eigenvalue weighted by molar-refractivity contribution is 5.07. The van der Waals surface area contributed by atoms with Crippen molar-refractivity contribution in [2.45, 2.75) is 52.0 Å². The van der Waals surface area contributed by atoms with Crippen molar-refractivity contribution in [3.8, 4) is 0 Å². The summed E-state index contributed by atoms with van der Waals surface area (Å²) in [5.74, 6) is 2.40. The Morgan fingerprint density at radius 3 is 2.75 bits per heavy atom. The fourth-order valence-corrected chi connectivity index (χ4v) is 2.53. The summed E-state index contributed by atoms with van der Waals surface area (Å²) in [6, 6.07) is 0.202. The van der Waals surface area contributed by atoms with E-state index >= 15 is 0 Å². The van der Waals surface area contributed by atoms with Crippen LogP contribution in [-0.2, 0) is 10.2 Å². The highest BCUT2D eigenvalue weighted by Crippen LogP contribution is 2.27. The van der Waals surface area contributed by atoms with E-state index in [2.05, 4.69) is 44.6 Å². The second-order valence-electron chi connectivity index (χ2n) is 7.01. The normalized spacial score (nSPS) is 22.2. The largest absolute Gasteiger partial charge is 0.443 e. The fourth-order valence-electron chi connectivity index (χ4n) is 2.53. The van der Waals surface area contributed by atoms with Crippen molar-refractivity contribution in [2.24, 2.45) is 5.92 Å². The Hall–Kier alpha value is -0.870. The van der Waals surface area contributed by atoms with Gasteiger partial charge in [-0.05, 0) is 32.7 Å². The first-order chi connectivity index (χ1) is 9.38. The molecule has 0 amide bonds. The lowest BCUT2D eigenvalue weighted by atomic mass is 9.94. The maximum absolute atomic E-state index is 5.94. The summed E-state index contributed by atoms with van der Waals surface area (Å²) in [4.78, 5) is 6.77. The van der Waals surface area contributed by atoms with Gasteiger partial charge in [-0.2, -0.15) is 0 Å². The predicted octanol–water partition coefficient (Wildman–Crippen LogP) is 3.39. The third kappa shape index (κ3) is 3.83. The zero-order chi connectivity index (χ0) is 14.8. The molecule has 1 aromatic rings. The zero-order valence-electron chi connectivity index (χ0n) is 13.5. The van der Waals surface area contributed by atoms with Crippen LogP contribution in [0.2, 0.25) is 0 Å². The number of rotatable bonds is 4. The van der Waals surface area contributed by atoms with Gasteiger partial charge in [-0.25, -0.2) is 4.98 Å². The van der Waals surface area contributed by atoms with Crippen LogP contribution in [0.3, 0.4) is 0 Å². The standard InChI is InChI=1S/C16H28N2O2/c1-12(15-17-9-14(20-15)16(2,3)4)18(5)10-13-7-6-8-19-11-13/h9,12-13H,6-8,10-11H2,1-5H3/t12-,13+/m0/s1. The number of hydrogen-bond acceptors (Lipinski definition) is 4. The van der Waals surface area contributed by atoms with Crippen LogP contribution < -0.4 is 0 Å². The Bertz CT molecular complexity index is 416. The monoisotopic (exact) mass is 280 g/mol. The maximum atomic E-state index is 5.94. The molecule has 1 fully saturated rings. The minimum atomic E-state index is 0.0146. The molecule has 0 unspecified atom stereocenters. The average molecular weight is 280 g/mol. The number of aromatic nitrogens is 1. The molecule has 0 radical (unpaired) electrons. The van der Waals surface area contributed by atoms with Crippen molar-refractivity contribution >= 4 is 0 Å². The van der Waals surface area contributed by atoms with E-state index in [9.17, 15) is 0 Å². The van der Waals surface area contributed by atoms with Crippen molar-refractivity contribution in [3.63, 3.8) is 0 Å². The molecule has 1 aromatic heterocycles. The van der Waals surface area contributed by atoms with Crippen LogP contribution in [0.1, 0.15) is 58.2 Å². The molecule has 4 nitrogen and oxygen atoms in total. The van der Waals surface area contributed by atoms with Gasteiger partial charge in [0, 0.05) is 18.6 Å². The molecule has 0 aliphatic carbocycles. The Labute approximate surface area is 122 Å². The molecule has 0 bridgehead atoms. The van der Waals surface area contributed by atoms with E-state index in [0.29, 0.717) is 5.92 Å². The molecule has 1 aliphatic rings. The zero-order valence-corrected chi connectivity index (χ0v) is 13.5. The Balaban J connectivity index is 1.95. The van der Waals surface area contributed by atoms with Crippen molar-refractivity contribution in [3.05, 3.63) is 17.8 Å². The molecule has 2 heterocycles. The van der Waals surface area contributed by atoms with Crippen LogP contribution in [0.4, 0.5) is 0 Å². The lowest BCUT2D eigenvalue weighted by Crippen LogP contribution is -2.32. The lowest BCUT2D eigenvalue weighted by molar-refractivity contribution is 0.0352. The van der Waals surface area contributed by atoms with Gasteiger partial charge >= 0.3 is 0 Å². The summed E-state index contributed by atoms with van der Waals surface area (Å²) >= 11 is 0. The van der Waals surface area contributed by atoms with E-state index in [1.807, 2.05) is 6.20 Å². The minimum absolute atomic E-state index is 0.0146. The average Bonchev–Trinajstić information content (AvgIpc) is 2.88. The minimum Gasteiger partial charge on any atom is -0.443 e. The number of oxazole rings is 1. The van der Waals surface area contributed by atoms with Crippen LogP contribution in [0.5, 0.6) is 0 Å². The first kappa shape index (κ1) is 15.5. The van der Waals surface area contributed by atoms with Crippen LogP contribution >= 0.6 is 0 Å². The summed E-state index contributed by atoms with van der Waals surface area (Å²) < 4.78 is 11.5. The number of ether oxygens (including phenoxy) is 1. The van der Waals surface area contributed by atoms with Crippen LogP contribution in [0.15, 0.2) is 10.6 Å². The molecule has 1 saturated heterocycles. The number of nitrogens with zero attached hydrogens (tertiary/aromatic N) is 2. The first-order valence-corrected chi connectivity index (χ1v) is 7.62. The van der Waals surface area contributed by atoms with E-state index in [1.165, 1.54) is 12.8 Å². The highest BCUT2D eigenvalue weighted by atomic mass is 16.5. The fraction of sp³-hybridized carbons (Fsp3) is 0.812. The van der Waals surface area contributed by atoms with Crippen LogP contribution in [0.25, 0.3) is 0 Å². The van der Waals surface area contributed by atoms with E-state index in [-0.39, 0.29) is 11.5 Å². The molecule has 2 atom stereocenters. The molecule has 1 aliphatic heterocycles. The van der Waals surface area contributed by atoms with Crippen LogP contribution in [-0.4, -0.2) is 36.7 Å². The number of hydrogen-bond donors (Lipinski definition) is 0. The molecule has 2 rings (SSSR count). The second kappa shape index (κ2) is 6.27. The molecular weight excluding hydrogens is 252 g/mol. The SMILES string of the molecule is C[C@@H](c1ncc(C(C)(C)C)o1)N(C)C[C@H]1CCCOC1. The second-order valence-corrected chi connectivity index (χ2v) is 7.01. The molecule has 20 heavy (non-hydrogen) atoms. The van der Waals surface area contributed by atoms with E-state index in [0.717, 1.165) is 31.4 Å². The summed E-state index contributed by atoms with van der Waals surface area (Å²) in [5, 5.41) is 0. The molecular formula is C16H28N2O2. The van der Waals surface area contributed by atoms with Gasteiger partial charge in [0.15, 0.2) is 0 Å². The summed E-state index contributed by atoms with van der Waals surface area (Å²) in [6.45, 7) is 11.4. The molecule has 0 saturated carbocycles. The Morgan fingerprint density at radius 1 is 1.45 bits per heavy atom. The van der Waals surface area contributed by atoms with Crippen molar-refractivity contribution in [1.29, 1.82) is 0 Å². The molecule has 0 spiro atoms. The quantitative estimate of drug-likeness (QED) is 0.847. The van der Waals surface area contributed by atoms with Gasteiger partial charge in [0.25, 0.3) is 0 Å². The van der Waals surface area contributed by atoms with Gasteiger partial charge in [0.2, 0.25) is 5.89 Å². The van der Waals surface area contributed by atoms with Gasteiger partial charge in [-0.1, -0.05) is 20.8 Å². The maximum Gasteiger partial charge on any atom is 0.211 e. The Kier molecular flexibility index (Phi) is 4.86. The smallest absolute Gasteiger partial charge is 0.211 e. The summed E-state index contributed by atoms with van der Waals surface area (Å²) in [7, 11) is 2.14. The third-order valence-electron chi connectivity index (χ3n) is 4.08. The van der Waals surface area contributed by atoms with Gasteiger partial charge in [-0.15, -0.1) is 0 Å². The van der Waals surface area contributed by atoms with Gasteiger partial charge in [0.1, 0.15) is 5.76 Å². The molecule has 0 N–H and O–H groups in total. The summed E-state index contributed by atoms with van der Waals surface area (Å²) in [6.07, 6.45) is 4.30. The van der Waals surface area contributed by atoms with Crippen molar-refractivity contribution < 1.29 is 9.15 Å². The van der Waals surface area contributed by atoms with E-state index in [4.69, 9.17) is 9.15 Å². The molecule has 0 aromatic carbocycles.